The molecule has 5 rings (SSSR count). The van der Waals surface area contributed by atoms with Crippen molar-refractivity contribution in [2.24, 2.45) is 0 Å². The van der Waals surface area contributed by atoms with Gasteiger partial charge in [-0.25, -0.2) is 4.79 Å². The zero-order valence-corrected chi connectivity index (χ0v) is 22.6. The number of benzene rings is 4. The molecule has 0 bridgehead atoms. The third kappa shape index (κ3) is 6.44. The van der Waals surface area contributed by atoms with E-state index in [9.17, 15) is 22.8 Å². The van der Waals surface area contributed by atoms with Crippen LogP contribution in [0.1, 0.15) is 36.7 Å². The zero-order valence-electron chi connectivity index (χ0n) is 22.6. The van der Waals surface area contributed by atoms with Crippen LogP contribution in [0.2, 0.25) is 0 Å². The van der Waals surface area contributed by atoms with E-state index in [0.717, 1.165) is 28.3 Å². The summed E-state index contributed by atoms with van der Waals surface area (Å²) in [7, 11) is 0. The molecule has 0 unspecified atom stereocenters. The van der Waals surface area contributed by atoms with Crippen LogP contribution >= 0.6 is 0 Å². The molecule has 42 heavy (non-hydrogen) atoms. The molecule has 0 atom stereocenters. The third-order valence-corrected chi connectivity index (χ3v) is 6.49. The molecule has 5 nitrogen and oxygen atoms in total. The highest BCUT2D eigenvalue weighted by Gasteiger charge is 2.40. The number of hydrogen-bond donors (Lipinski definition) is 0. The Morgan fingerprint density at radius 1 is 0.833 bits per heavy atom. The summed E-state index contributed by atoms with van der Waals surface area (Å²) in [5.74, 6) is -3.02. The van der Waals surface area contributed by atoms with Crippen LogP contribution in [-0.2, 0) is 11.0 Å². The van der Waals surface area contributed by atoms with Gasteiger partial charge in [0.25, 0.3) is 5.76 Å². The van der Waals surface area contributed by atoms with E-state index in [1.54, 1.807) is 18.2 Å². The smallest absolute Gasteiger partial charge is 0.449 e. The van der Waals surface area contributed by atoms with Gasteiger partial charge in [-0.2, -0.15) is 13.2 Å². The van der Waals surface area contributed by atoms with E-state index < -0.39 is 34.7 Å². The molecule has 0 aliphatic rings. The second kappa shape index (κ2) is 11.8. The minimum Gasteiger partial charge on any atom is -0.449 e. The molecule has 0 fully saturated rings. The Balaban J connectivity index is 1.39. The fraction of sp³-hybridized carbons (Fsp3) is 0.118. The molecule has 0 N–H and O–H groups in total. The van der Waals surface area contributed by atoms with Crippen molar-refractivity contribution >= 4 is 23.0 Å². The van der Waals surface area contributed by atoms with Gasteiger partial charge in [0.1, 0.15) is 17.1 Å². The van der Waals surface area contributed by atoms with E-state index >= 15 is 0 Å². The number of ether oxygens (including phenoxy) is 2. The lowest BCUT2D eigenvalue weighted by Crippen LogP contribution is -2.15. The number of fused-ring (bicyclic) bond motifs is 1. The maximum Gasteiger partial charge on any atom is 0.453 e. The average Bonchev–Trinajstić information content (AvgIpc) is 2.98. The molecule has 0 aliphatic heterocycles. The molecule has 212 valence electrons. The SMILES string of the molecule is CC(C)c1ccc(C=CC(=O)Oc2ccc3c(=O)c(Oc4ccc(-c5ccccc5)cc4)c(C(F)(F)F)oc3c2)cc1. The molecule has 1 aromatic heterocycles. The van der Waals surface area contributed by atoms with Crippen molar-refractivity contribution in [1.29, 1.82) is 0 Å². The lowest BCUT2D eigenvalue weighted by Gasteiger charge is -2.14. The van der Waals surface area contributed by atoms with Crippen LogP contribution in [-0.4, -0.2) is 5.97 Å². The summed E-state index contributed by atoms with van der Waals surface area (Å²) >= 11 is 0. The van der Waals surface area contributed by atoms with Gasteiger partial charge in [-0.15, -0.1) is 0 Å². The predicted octanol–water partition coefficient (Wildman–Crippen LogP) is 9.01. The fourth-order valence-electron chi connectivity index (χ4n) is 4.27. The topological polar surface area (TPSA) is 65.7 Å². The van der Waals surface area contributed by atoms with Crippen molar-refractivity contribution in [2.75, 3.05) is 0 Å². The van der Waals surface area contributed by atoms with Gasteiger partial charge >= 0.3 is 12.1 Å². The molecule has 5 aromatic rings. The molecule has 0 saturated heterocycles. The Kier molecular flexibility index (Phi) is 7.97. The summed E-state index contributed by atoms with van der Waals surface area (Å²) in [5.41, 5.74) is 2.25. The van der Waals surface area contributed by atoms with Gasteiger partial charge in [0.2, 0.25) is 11.2 Å². The lowest BCUT2D eigenvalue weighted by molar-refractivity contribution is -0.154. The monoisotopic (exact) mass is 570 g/mol. The first kappa shape index (κ1) is 28.4. The first-order chi connectivity index (χ1) is 20.1. The molecule has 4 aromatic carbocycles. The van der Waals surface area contributed by atoms with Gasteiger partial charge < -0.3 is 13.9 Å². The van der Waals surface area contributed by atoms with Crippen LogP contribution in [0.4, 0.5) is 13.2 Å². The molecule has 8 heteroatoms. The average molecular weight is 571 g/mol. The predicted molar refractivity (Wildman–Crippen MR) is 155 cm³/mol. The van der Waals surface area contributed by atoms with Crippen molar-refractivity contribution in [3.05, 3.63) is 130 Å². The minimum atomic E-state index is -5.03. The number of carbonyl (C=O) groups excluding carboxylic acids is 1. The summed E-state index contributed by atoms with van der Waals surface area (Å²) < 4.78 is 57.7. The summed E-state index contributed by atoms with van der Waals surface area (Å²) in [6.45, 7) is 4.15. The standard InChI is InChI=1S/C34H25F3O5/c1-21(2)23-11-8-22(9-12-23)10-19-30(38)40-27-17-18-28-29(20-27)42-33(34(35,36)37)32(31(28)39)41-26-15-13-25(14-16-26)24-6-4-3-5-7-24/h3-21H,1-2H3. The first-order valence-corrected chi connectivity index (χ1v) is 13.1. The van der Waals surface area contributed by atoms with Gasteiger partial charge in [0.05, 0.1) is 5.39 Å². The number of hydrogen-bond acceptors (Lipinski definition) is 5. The number of esters is 1. The van der Waals surface area contributed by atoms with Gasteiger partial charge in [-0.05, 0) is 58.5 Å². The Morgan fingerprint density at radius 3 is 2.12 bits per heavy atom. The van der Waals surface area contributed by atoms with E-state index in [2.05, 4.69) is 13.8 Å². The van der Waals surface area contributed by atoms with E-state index in [4.69, 9.17) is 13.9 Å². The molecule has 1 heterocycles. The summed E-state index contributed by atoms with van der Waals surface area (Å²) in [6, 6.07) is 26.9. The van der Waals surface area contributed by atoms with Gasteiger partial charge in [0, 0.05) is 12.1 Å². The number of rotatable bonds is 7. The lowest BCUT2D eigenvalue weighted by atomic mass is 10.0. The highest BCUT2D eigenvalue weighted by molar-refractivity contribution is 5.89. The minimum absolute atomic E-state index is 0.0306. The Bertz CT molecular complexity index is 1800. The van der Waals surface area contributed by atoms with Crippen molar-refractivity contribution < 1.29 is 31.9 Å². The highest BCUT2D eigenvalue weighted by atomic mass is 19.4. The van der Waals surface area contributed by atoms with Crippen LogP contribution in [0.25, 0.3) is 28.2 Å². The molecule has 0 spiro atoms. The number of halogens is 3. The van der Waals surface area contributed by atoms with Crippen LogP contribution in [0.15, 0.2) is 112 Å². The van der Waals surface area contributed by atoms with Gasteiger partial charge in [0.15, 0.2) is 0 Å². The third-order valence-electron chi connectivity index (χ3n) is 6.49. The summed E-state index contributed by atoms with van der Waals surface area (Å²) in [5, 5.41) is -0.167. The Labute approximate surface area is 239 Å². The fourth-order valence-corrected chi connectivity index (χ4v) is 4.27. The quantitative estimate of drug-likeness (QED) is 0.111. The first-order valence-electron chi connectivity index (χ1n) is 13.1. The highest BCUT2D eigenvalue weighted by Crippen LogP contribution is 2.39. The Morgan fingerprint density at radius 2 is 1.48 bits per heavy atom. The summed E-state index contributed by atoms with van der Waals surface area (Å²) in [4.78, 5) is 25.5. The Hall–Kier alpha value is -5.11. The molecular formula is C34H25F3O5. The molecule has 0 amide bonds. The van der Waals surface area contributed by atoms with E-state index in [1.165, 1.54) is 30.3 Å². The normalized spacial score (nSPS) is 11.8. The van der Waals surface area contributed by atoms with Crippen LogP contribution < -0.4 is 14.9 Å². The molecule has 0 aliphatic carbocycles. The number of carbonyl (C=O) groups is 1. The van der Waals surface area contributed by atoms with Crippen molar-refractivity contribution in [2.45, 2.75) is 25.9 Å². The molecule has 0 saturated carbocycles. The summed E-state index contributed by atoms with van der Waals surface area (Å²) in [6.07, 6.45) is -2.27. The van der Waals surface area contributed by atoms with E-state index in [-0.39, 0.29) is 16.9 Å². The van der Waals surface area contributed by atoms with Gasteiger partial charge in [-0.3, -0.25) is 4.79 Å². The van der Waals surface area contributed by atoms with E-state index in [1.807, 2.05) is 54.6 Å². The van der Waals surface area contributed by atoms with Crippen molar-refractivity contribution in [3.8, 4) is 28.4 Å². The maximum atomic E-state index is 14.0. The maximum absolute atomic E-state index is 14.0. The number of alkyl halides is 3. The van der Waals surface area contributed by atoms with Crippen molar-refractivity contribution in [3.63, 3.8) is 0 Å². The zero-order chi connectivity index (χ0) is 29.9. The van der Waals surface area contributed by atoms with Crippen molar-refractivity contribution in [1.82, 2.24) is 0 Å². The second-order valence-electron chi connectivity index (χ2n) is 9.81. The van der Waals surface area contributed by atoms with Gasteiger partial charge in [-0.1, -0.05) is 80.6 Å². The largest absolute Gasteiger partial charge is 0.453 e. The van der Waals surface area contributed by atoms with Crippen LogP contribution in [0.3, 0.4) is 0 Å². The van der Waals surface area contributed by atoms with Crippen LogP contribution in [0.5, 0.6) is 17.2 Å². The molecule has 0 radical (unpaired) electrons. The molecular weight excluding hydrogens is 545 g/mol. The van der Waals surface area contributed by atoms with E-state index in [0.29, 0.717) is 5.92 Å². The second-order valence-corrected chi connectivity index (χ2v) is 9.81. The van der Waals surface area contributed by atoms with Crippen LogP contribution in [0, 0.1) is 0 Å².